The van der Waals surface area contributed by atoms with Crippen LogP contribution in [0.4, 0.5) is 5.69 Å². The molecule has 0 aromatic heterocycles. The number of nitriles is 1. The monoisotopic (exact) mass is 335 g/mol. The summed E-state index contributed by atoms with van der Waals surface area (Å²) in [6.45, 7) is 10.2. The molecule has 4 heteroatoms. The average Bonchev–Trinajstić information content (AvgIpc) is 2.65. The lowest BCUT2D eigenvalue weighted by atomic mass is 10.1. The van der Waals surface area contributed by atoms with E-state index in [0.29, 0.717) is 12.2 Å². The standard InChI is InChI=1S/C21H25N3O/c1-17-4-3-5-21(18(17)2)24-12-10-23(11-13-24)14-15-25-20-8-6-19(16-22)7-9-20/h3-9H,10-15H2,1-2H3. The minimum atomic E-state index is 0.662. The van der Waals surface area contributed by atoms with Crippen LogP contribution in [0.3, 0.4) is 0 Å². The van der Waals surface area contributed by atoms with Gasteiger partial charge in [0.15, 0.2) is 0 Å². The van der Waals surface area contributed by atoms with E-state index in [-0.39, 0.29) is 0 Å². The Kier molecular flexibility index (Phi) is 5.57. The smallest absolute Gasteiger partial charge is 0.119 e. The van der Waals surface area contributed by atoms with Crippen molar-refractivity contribution >= 4 is 5.69 Å². The Morgan fingerprint density at radius 3 is 2.40 bits per heavy atom. The summed E-state index contributed by atoms with van der Waals surface area (Å²) in [6, 6.07) is 16.0. The van der Waals surface area contributed by atoms with Gasteiger partial charge in [0.2, 0.25) is 0 Å². The van der Waals surface area contributed by atoms with Gasteiger partial charge in [-0.1, -0.05) is 12.1 Å². The molecule has 0 amide bonds. The van der Waals surface area contributed by atoms with E-state index in [0.717, 1.165) is 38.5 Å². The van der Waals surface area contributed by atoms with Gasteiger partial charge in [0.25, 0.3) is 0 Å². The van der Waals surface area contributed by atoms with E-state index < -0.39 is 0 Å². The van der Waals surface area contributed by atoms with Crippen molar-refractivity contribution in [1.82, 2.24) is 4.90 Å². The fraction of sp³-hybridized carbons (Fsp3) is 0.381. The Morgan fingerprint density at radius 2 is 1.72 bits per heavy atom. The summed E-state index contributed by atoms with van der Waals surface area (Å²) in [4.78, 5) is 4.94. The van der Waals surface area contributed by atoms with Crippen molar-refractivity contribution in [3.8, 4) is 11.8 Å². The molecule has 3 rings (SSSR count). The Bertz CT molecular complexity index is 741. The molecule has 0 radical (unpaired) electrons. The molecule has 2 aromatic rings. The molecule has 0 N–H and O–H groups in total. The van der Waals surface area contributed by atoms with Gasteiger partial charge in [-0.05, 0) is 55.3 Å². The normalized spacial score (nSPS) is 15.0. The van der Waals surface area contributed by atoms with Crippen molar-refractivity contribution < 1.29 is 4.74 Å². The summed E-state index contributed by atoms with van der Waals surface area (Å²) in [5.41, 5.74) is 4.78. The first-order chi connectivity index (χ1) is 12.2. The third kappa shape index (κ3) is 4.32. The van der Waals surface area contributed by atoms with E-state index in [4.69, 9.17) is 10.00 Å². The van der Waals surface area contributed by atoms with Crippen LogP contribution in [-0.4, -0.2) is 44.2 Å². The summed E-state index contributed by atoms with van der Waals surface area (Å²) >= 11 is 0. The maximum absolute atomic E-state index is 8.81. The number of hydrogen-bond acceptors (Lipinski definition) is 4. The highest BCUT2D eigenvalue weighted by Crippen LogP contribution is 2.23. The predicted octanol–water partition coefficient (Wildman–Crippen LogP) is 3.38. The molecule has 1 fully saturated rings. The predicted molar refractivity (Wildman–Crippen MR) is 101 cm³/mol. The van der Waals surface area contributed by atoms with Gasteiger partial charge in [0.1, 0.15) is 12.4 Å². The number of rotatable bonds is 5. The lowest BCUT2D eigenvalue weighted by Gasteiger charge is -2.37. The molecule has 130 valence electrons. The molecule has 4 nitrogen and oxygen atoms in total. The highest BCUT2D eigenvalue weighted by atomic mass is 16.5. The van der Waals surface area contributed by atoms with Crippen molar-refractivity contribution in [2.45, 2.75) is 13.8 Å². The van der Waals surface area contributed by atoms with Gasteiger partial charge in [-0.3, -0.25) is 4.90 Å². The van der Waals surface area contributed by atoms with E-state index in [2.05, 4.69) is 47.9 Å². The number of piperazine rings is 1. The molecular weight excluding hydrogens is 310 g/mol. The van der Waals surface area contributed by atoms with E-state index in [9.17, 15) is 0 Å². The third-order valence-corrected chi connectivity index (χ3v) is 4.95. The number of hydrogen-bond donors (Lipinski definition) is 0. The second-order valence-electron chi connectivity index (χ2n) is 6.53. The summed E-state index contributed by atoms with van der Waals surface area (Å²) in [7, 11) is 0. The van der Waals surface area contributed by atoms with E-state index in [1.807, 2.05) is 12.1 Å². The molecule has 1 aliphatic rings. The summed E-state index contributed by atoms with van der Waals surface area (Å²) < 4.78 is 5.79. The van der Waals surface area contributed by atoms with Crippen LogP contribution in [-0.2, 0) is 0 Å². The zero-order chi connectivity index (χ0) is 17.6. The summed E-state index contributed by atoms with van der Waals surface area (Å²) in [5, 5.41) is 8.81. The highest BCUT2D eigenvalue weighted by Gasteiger charge is 2.18. The van der Waals surface area contributed by atoms with Gasteiger partial charge < -0.3 is 9.64 Å². The molecule has 2 aromatic carbocycles. The van der Waals surface area contributed by atoms with Crippen molar-refractivity contribution in [3.05, 3.63) is 59.2 Å². The molecule has 0 bridgehead atoms. The lowest BCUT2D eigenvalue weighted by Crippen LogP contribution is -2.47. The number of ether oxygens (including phenoxy) is 1. The second-order valence-corrected chi connectivity index (χ2v) is 6.53. The SMILES string of the molecule is Cc1cccc(N2CCN(CCOc3ccc(C#N)cc3)CC2)c1C. The average molecular weight is 335 g/mol. The molecule has 0 aliphatic carbocycles. The summed E-state index contributed by atoms with van der Waals surface area (Å²) in [6.07, 6.45) is 0. The quantitative estimate of drug-likeness (QED) is 0.840. The molecular formula is C21H25N3O. The van der Waals surface area contributed by atoms with Crippen LogP contribution in [0, 0.1) is 25.2 Å². The van der Waals surface area contributed by atoms with E-state index in [1.165, 1.54) is 16.8 Å². The van der Waals surface area contributed by atoms with E-state index in [1.54, 1.807) is 12.1 Å². The number of nitrogens with zero attached hydrogens (tertiary/aromatic N) is 3. The lowest BCUT2D eigenvalue weighted by molar-refractivity contribution is 0.200. The molecule has 1 saturated heterocycles. The molecule has 25 heavy (non-hydrogen) atoms. The molecule has 1 aliphatic heterocycles. The van der Waals surface area contributed by atoms with Gasteiger partial charge in [-0.25, -0.2) is 0 Å². The maximum atomic E-state index is 8.81. The van der Waals surface area contributed by atoms with Crippen molar-refractivity contribution in [2.24, 2.45) is 0 Å². The fourth-order valence-electron chi connectivity index (χ4n) is 3.21. The van der Waals surface area contributed by atoms with Gasteiger partial charge >= 0.3 is 0 Å². The van der Waals surface area contributed by atoms with Crippen LogP contribution in [0.15, 0.2) is 42.5 Å². The number of anilines is 1. The first-order valence-electron chi connectivity index (χ1n) is 8.84. The van der Waals surface area contributed by atoms with E-state index >= 15 is 0 Å². The molecule has 0 spiro atoms. The molecule has 1 heterocycles. The number of benzene rings is 2. The maximum Gasteiger partial charge on any atom is 0.119 e. The van der Waals surface area contributed by atoms with Crippen molar-refractivity contribution in [3.63, 3.8) is 0 Å². The minimum Gasteiger partial charge on any atom is -0.492 e. The van der Waals surface area contributed by atoms with Crippen LogP contribution >= 0.6 is 0 Å². The highest BCUT2D eigenvalue weighted by molar-refractivity contribution is 5.56. The Hall–Kier alpha value is -2.51. The van der Waals surface area contributed by atoms with Gasteiger partial charge in [-0.2, -0.15) is 5.26 Å². The minimum absolute atomic E-state index is 0.662. The Morgan fingerprint density at radius 1 is 1.00 bits per heavy atom. The second kappa shape index (κ2) is 8.04. The van der Waals surface area contributed by atoms with Crippen LogP contribution in [0.5, 0.6) is 5.75 Å². The topological polar surface area (TPSA) is 39.5 Å². The summed E-state index contributed by atoms with van der Waals surface area (Å²) in [5.74, 6) is 0.827. The fourth-order valence-corrected chi connectivity index (χ4v) is 3.21. The molecule has 0 unspecified atom stereocenters. The Labute approximate surface area is 150 Å². The Balaban J connectivity index is 1.45. The van der Waals surface area contributed by atoms with Crippen LogP contribution < -0.4 is 9.64 Å². The largest absolute Gasteiger partial charge is 0.492 e. The van der Waals surface area contributed by atoms with Crippen molar-refractivity contribution in [2.75, 3.05) is 44.2 Å². The van der Waals surface area contributed by atoms with Crippen LogP contribution in [0.2, 0.25) is 0 Å². The first-order valence-corrected chi connectivity index (χ1v) is 8.84. The van der Waals surface area contributed by atoms with Gasteiger partial charge in [0, 0.05) is 38.4 Å². The number of aryl methyl sites for hydroxylation is 1. The zero-order valence-corrected chi connectivity index (χ0v) is 15.0. The van der Waals surface area contributed by atoms with Gasteiger partial charge in [0.05, 0.1) is 11.6 Å². The van der Waals surface area contributed by atoms with Gasteiger partial charge in [-0.15, -0.1) is 0 Å². The van der Waals surface area contributed by atoms with Crippen molar-refractivity contribution in [1.29, 1.82) is 5.26 Å². The molecule has 0 atom stereocenters. The van der Waals surface area contributed by atoms with Crippen LogP contribution in [0.25, 0.3) is 0 Å². The van der Waals surface area contributed by atoms with Crippen LogP contribution in [0.1, 0.15) is 16.7 Å². The molecule has 0 saturated carbocycles. The first kappa shape index (κ1) is 17.3. The zero-order valence-electron chi connectivity index (χ0n) is 15.0. The third-order valence-electron chi connectivity index (χ3n) is 4.95.